The summed E-state index contributed by atoms with van der Waals surface area (Å²) in [6.45, 7) is 0. The van der Waals surface area contributed by atoms with Crippen molar-refractivity contribution in [1.29, 1.82) is 0 Å². The molecule has 6 nitrogen and oxygen atoms in total. The number of para-hydroxylation sites is 1. The van der Waals surface area contributed by atoms with Gasteiger partial charge >= 0.3 is 6.03 Å². The van der Waals surface area contributed by atoms with E-state index in [-0.39, 0.29) is 5.56 Å². The molecule has 0 saturated carbocycles. The molecule has 4 amide bonds. The van der Waals surface area contributed by atoms with Crippen LogP contribution in [0.3, 0.4) is 0 Å². The topological polar surface area (TPSA) is 84.5 Å². The molecule has 0 unspecified atom stereocenters. The number of carbonyl (C=O) groups is 3. The molecule has 2 aromatic rings. The number of urea groups is 1. The van der Waals surface area contributed by atoms with Crippen LogP contribution >= 0.6 is 31.9 Å². The molecule has 1 aliphatic heterocycles. The van der Waals surface area contributed by atoms with Crippen molar-refractivity contribution in [3.05, 3.63) is 58.6 Å². The zero-order valence-corrected chi connectivity index (χ0v) is 15.2. The van der Waals surface area contributed by atoms with Gasteiger partial charge < -0.3 is 4.74 Å². The van der Waals surface area contributed by atoms with Crippen LogP contribution in [0.25, 0.3) is 0 Å². The number of halogens is 2. The van der Waals surface area contributed by atoms with E-state index in [2.05, 4.69) is 42.5 Å². The predicted octanol–water partition coefficient (Wildman–Crippen LogP) is 3.20. The molecule has 1 aliphatic rings. The fourth-order valence-electron chi connectivity index (χ4n) is 2.23. The largest absolute Gasteiger partial charge is 0.457 e. The number of hydrogen-bond donors (Lipinski definition) is 2. The minimum Gasteiger partial charge on any atom is -0.457 e. The first-order valence-corrected chi connectivity index (χ1v) is 8.38. The van der Waals surface area contributed by atoms with E-state index in [9.17, 15) is 14.4 Å². The number of alkyl halides is 1. The van der Waals surface area contributed by atoms with Gasteiger partial charge in [0.2, 0.25) is 4.32 Å². The molecule has 122 valence electrons. The second-order valence-corrected chi connectivity index (χ2v) is 7.05. The minimum atomic E-state index is -1.76. The van der Waals surface area contributed by atoms with E-state index in [1.807, 2.05) is 0 Å². The van der Waals surface area contributed by atoms with E-state index in [0.717, 1.165) is 4.47 Å². The first kappa shape index (κ1) is 16.7. The zero-order valence-electron chi connectivity index (χ0n) is 12.0. The number of imide groups is 2. The maximum atomic E-state index is 12.3. The van der Waals surface area contributed by atoms with Crippen molar-refractivity contribution in [2.75, 3.05) is 0 Å². The van der Waals surface area contributed by atoms with E-state index >= 15 is 0 Å². The summed E-state index contributed by atoms with van der Waals surface area (Å²) in [6, 6.07) is 12.8. The fourth-order valence-corrected chi connectivity index (χ4v) is 3.02. The fraction of sp³-hybridized carbons (Fsp3) is 0.0625. The number of amides is 4. The van der Waals surface area contributed by atoms with E-state index in [4.69, 9.17) is 4.74 Å². The third-order valence-electron chi connectivity index (χ3n) is 3.38. The quantitative estimate of drug-likeness (QED) is 0.552. The lowest BCUT2D eigenvalue weighted by Crippen LogP contribution is -2.62. The molecule has 1 heterocycles. The summed E-state index contributed by atoms with van der Waals surface area (Å²) < 4.78 is 4.95. The van der Waals surface area contributed by atoms with Gasteiger partial charge in [-0.25, -0.2) is 4.79 Å². The molecule has 0 bridgehead atoms. The van der Waals surface area contributed by atoms with Crippen LogP contribution < -0.4 is 15.4 Å². The van der Waals surface area contributed by atoms with Crippen LogP contribution in [-0.4, -0.2) is 17.8 Å². The summed E-state index contributed by atoms with van der Waals surface area (Å²) in [4.78, 5) is 35.9. The third-order valence-corrected chi connectivity index (χ3v) is 5.06. The maximum Gasteiger partial charge on any atom is 0.328 e. The first-order valence-electron chi connectivity index (χ1n) is 6.80. The Morgan fingerprint density at radius 3 is 2.08 bits per heavy atom. The van der Waals surface area contributed by atoms with Crippen molar-refractivity contribution >= 4 is 49.7 Å². The molecule has 0 radical (unpaired) electrons. The van der Waals surface area contributed by atoms with Gasteiger partial charge in [0.1, 0.15) is 11.5 Å². The second kappa shape index (κ2) is 6.37. The van der Waals surface area contributed by atoms with Crippen LogP contribution in [0.2, 0.25) is 0 Å². The Hall–Kier alpha value is -2.19. The summed E-state index contributed by atoms with van der Waals surface area (Å²) in [5.41, 5.74) is 0.287. The Bertz CT molecular complexity index is 816. The molecule has 0 atom stereocenters. The Kier molecular flexibility index (Phi) is 4.42. The lowest BCUT2D eigenvalue weighted by Gasteiger charge is -2.30. The molecule has 8 heteroatoms. The monoisotopic (exact) mass is 452 g/mol. The van der Waals surface area contributed by atoms with Crippen molar-refractivity contribution < 1.29 is 19.1 Å². The minimum absolute atomic E-state index is 0.287. The van der Waals surface area contributed by atoms with Gasteiger partial charge in [0.25, 0.3) is 11.8 Å². The summed E-state index contributed by atoms with van der Waals surface area (Å²) in [6.07, 6.45) is 0. The Morgan fingerprint density at radius 1 is 0.875 bits per heavy atom. The number of nitrogens with one attached hydrogen (secondary N) is 2. The van der Waals surface area contributed by atoms with Crippen molar-refractivity contribution in [3.8, 4) is 11.5 Å². The van der Waals surface area contributed by atoms with E-state index in [1.54, 1.807) is 48.5 Å². The highest BCUT2D eigenvalue weighted by molar-refractivity contribution is 9.10. The normalized spacial score (nSPS) is 16.3. The molecule has 2 N–H and O–H groups in total. The molecule has 0 aliphatic carbocycles. The second-order valence-electron chi connectivity index (χ2n) is 4.95. The van der Waals surface area contributed by atoms with E-state index in [0.29, 0.717) is 11.5 Å². The number of ether oxygens (including phenoxy) is 1. The molecule has 3 rings (SSSR count). The summed E-state index contributed by atoms with van der Waals surface area (Å²) in [5.74, 6) is -0.697. The molecular weight excluding hydrogens is 444 g/mol. The Labute approximate surface area is 153 Å². The van der Waals surface area contributed by atoms with Gasteiger partial charge in [-0.1, -0.05) is 50.1 Å². The highest BCUT2D eigenvalue weighted by atomic mass is 79.9. The molecule has 0 spiro atoms. The van der Waals surface area contributed by atoms with Crippen LogP contribution in [0, 0.1) is 0 Å². The summed E-state index contributed by atoms with van der Waals surface area (Å²) in [5, 5.41) is 4.16. The molecule has 0 aromatic heterocycles. The number of rotatable bonds is 3. The first-order chi connectivity index (χ1) is 11.4. The summed E-state index contributed by atoms with van der Waals surface area (Å²) >= 11 is 6.51. The van der Waals surface area contributed by atoms with Gasteiger partial charge in [0, 0.05) is 10.0 Å². The molecule has 24 heavy (non-hydrogen) atoms. The van der Waals surface area contributed by atoms with Crippen molar-refractivity contribution in [3.63, 3.8) is 0 Å². The predicted molar refractivity (Wildman–Crippen MR) is 92.9 cm³/mol. The number of benzene rings is 2. The number of carbonyl (C=O) groups excluding carboxylic acids is 3. The van der Waals surface area contributed by atoms with Crippen molar-refractivity contribution in [2.24, 2.45) is 0 Å². The Morgan fingerprint density at radius 2 is 1.46 bits per heavy atom. The lowest BCUT2D eigenvalue weighted by atomic mass is 9.94. The molecule has 1 saturated heterocycles. The van der Waals surface area contributed by atoms with Gasteiger partial charge in [-0.05, 0) is 30.3 Å². The molecule has 2 aromatic carbocycles. The zero-order chi connectivity index (χ0) is 17.3. The average Bonchev–Trinajstić information content (AvgIpc) is 2.55. The van der Waals surface area contributed by atoms with Gasteiger partial charge in [-0.3, -0.25) is 20.2 Å². The standard InChI is InChI=1S/C16H10Br2N2O4/c17-9-5-7-10(8-6-9)24-12-4-2-1-3-11(12)16(18)13(21)19-15(23)20-14(16)22/h1-8H,(H2,19,20,21,22,23). The van der Waals surface area contributed by atoms with Gasteiger partial charge in [0.15, 0.2) is 0 Å². The SMILES string of the molecule is O=C1NC(=O)C(Br)(c2ccccc2Oc2ccc(Br)cc2)C(=O)N1. The van der Waals surface area contributed by atoms with Crippen molar-refractivity contribution in [1.82, 2.24) is 10.6 Å². The van der Waals surface area contributed by atoms with Crippen LogP contribution in [0.1, 0.15) is 5.56 Å². The van der Waals surface area contributed by atoms with E-state index in [1.165, 1.54) is 0 Å². The number of barbiturate groups is 1. The molecular formula is C16H10Br2N2O4. The van der Waals surface area contributed by atoms with Gasteiger partial charge in [0.05, 0.1) is 0 Å². The smallest absolute Gasteiger partial charge is 0.328 e. The van der Waals surface area contributed by atoms with Crippen molar-refractivity contribution in [2.45, 2.75) is 4.32 Å². The van der Waals surface area contributed by atoms with Gasteiger partial charge in [-0.2, -0.15) is 0 Å². The highest BCUT2D eigenvalue weighted by Crippen LogP contribution is 2.40. The maximum absolute atomic E-state index is 12.3. The summed E-state index contributed by atoms with van der Waals surface area (Å²) in [7, 11) is 0. The average molecular weight is 454 g/mol. The van der Waals surface area contributed by atoms with Crippen LogP contribution in [0.5, 0.6) is 11.5 Å². The van der Waals surface area contributed by atoms with Crippen LogP contribution in [-0.2, 0) is 13.9 Å². The number of hydrogen-bond acceptors (Lipinski definition) is 4. The Balaban J connectivity index is 2.02. The van der Waals surface area contributed by atoms with E-state index < -0.39 is 22.2 Å². The lowest BCUT2D eigenvalue weighted by molar-refractivity contribution is -0.133. The third kappa shape index (κ3) is 2.94. The molecule has 1 fully saturated rings. The van der Waals surface area contributed by atoms with Gasteiger partial charge in [-0.15, -0.1) is 0 Å². The highest BCUT2D eigenvalue weighted by Gasteiger charge is 2.51. The van der Waals surface area contributed by atoms with Crippen LogP contribution in [0.15, 0.2) is 53.0 Å². The van der Waals surface area contributed by atoms with Crippen LogP contribution in [0.4, 0.5) is 4.79 Å².